The summed E-state index contributed by atoms with van der Waals surface area (Å²) in [6.07, 6.45) is 2.88. The maximum atomic E-state index is 12.3. The molecule has 2 aliphatic rings. The minimum Gasteiger partial charge on any atom is -0.397 e. The Kier molecular flexibility index (Phi) is 3.50. The van der Waals surface area contributed by atoms with E-state index < -0.39 is 0 Å². The van der Waals surface area contributed by atoms with Crippen molar-refractivity contribution in [2.24, 2.45) is 5.92 Å². The number of hydrogen-bond acceptors (Lipinski definition) is 5. The molecule has 1 atom stereocenters. The second-order valence-corrected chi connectivity index (χ2v) is 7.24. The van der Waals surface area contributed by atoms with Crippen molar-refractivity contribution >= 4 is 27.8 Å². The summed E-state index contributed by atoms with van der Waals surface area (Å²) >= 11 is 1.53. The first-order valence-corrected chi connectivity index (χ1v) is 8.20. The van der Waals surface area contributed by atoms with E-state index in [4.69, 9.17) is 5.73 Å². The highest BCUT2D eigenvalue weighted by atomic mass is 32.1. The van der Waals surface area contributed by atoms with Crippen LogP contribution < -0.4 is 10.6 Å². The predicted octanol–water partition coefficient (Wildman–Crippen LogP) is 2.62. The van der Waals surface area contributed by atoms with Gasteiger partial charge in [0.1, 0.15) is 0 Å². The molecule has 3 rings (SSSR count). The number of nitrogens with zero attached hydrogens (tertiary/aromatic N) is 1. The van der Waals surface area contributed by atoms with Gasteiger partial charge < -0.3 is 15.7 Å². The van der Waals surface area contributed by atoms with E-state index in [1.165, 1.54) is 29.7 Å². The molecule has 2 fully saturated rings. The minimum atomic E-state index is -0.255. The minimum absolute atomic E-state index is 0.0278. The summed E-state index contributed by atoms with van der Waals surface area (Å²) in [6.45, 7) is 5.35. The highest BCUT2D eigenvalue weighted by molar-refractivity contribution is 7.19. The molecule has 1 aliphatic carbocycles. The first kappa shape index (κ1) is 13.9. The van der Waals surface area contributed by atoms with Crippen LogP contribution in [0.25, 0.3) is 0 Å². The van der Waals surface area contributed by atoms with Gasteiger partial charge in [-0.15, -0.1) is 11.3 Å². The maximum Gasteiger partial charge on any atom is 0.177 e. The van der Waals surface area contributed by atoms with Gasteiger partial charge in [-0.05, 0) is 25.2 Å². The SMILES string of the molecule is CC(C)C(=O)c1sc(N2CCC(O)C2)c(C2CC2)c1N. The third-order valence-corrected chi connectivity index (χ3v) is 5.44. The zero-order valence-corrected chi connectivity index (χ0v) is 12.9. The molecule has 20 heavy (non-hydrogen) atoms. The zero-order chi connectivity index (χ0) is 14.4. The standard InChI is InChI=1S/C15H22N2O2S/c1-8(2)13(19)14-12(16)11(9-3-4-9)15(20-14)17-6-5-10(18)7-17/h8-10,18H,3-7,16H2,1-2H3. The second kappa shape index (κ2) is 5.04. The number of rotatable bonds is 4. The number of ketones is 1. The molecule has 110 valence electrons. The van der Waals surface area contributed by atoms with E-state index in [1.54, 1.807) is 0 Å². The van der Waals surface area contributed by atoms with Gasteiger partial charge in [-0.25, -0.2) is 0 Å². The molecule has 4 nitrogen and oxygen atoms in total. The summed E-state index contributed by atoms with van der Waals surface area (Å²) < 4.78 is 0. The Balaban J connectivity index is 2.00. The molecule has 1 unspecified atom stereocenters. The molecule has 1 aliphatic heterocycles. The van der Waals surface area contributed by atoms with Crippen LogP contribution in [0.4, 0.5) is 10.7 Å². The molecule has 0 radical (unpaired) electrons. The number of Topliss-reactive ketones (excluding diaryl/α,β-unsaturated/α-hetero) is 1. The van der Waals surface area contributed by atoms with Crippen LogP contribution in [0.1, 0.15) is 54.3 Å². The Morgan fingerprint density at radius 1 is 1.40 bits per heavy atom. The number of nitrogens with two attached hydrogens (primary N) is 1. The third-order valence-electron chi connectivity index (χ3n) is 4.15. The third kappa shape index (κ3) is 2.33. The molecule has 0 amide bonds. The number of carbonyl (C=O) groups is 1. The molecule has 1 aromatic rings. The number of aliphatic hydroxyl groups is 1. The van der Waals surface area contributed by atoms with E-state index in [2.05, 4.69) is 4.90 Å². The van der Waals surface area contributed by atoms with Gasteiger partial charge in [0, 0.05) is 24.6 Å². The van der Waals surface area contributed by atoms with Crippen LogP contribution >= 0.6 is 11.3 Å². The number of hydrogen-bond donors (Lipinski definition) is 2. The Labute approximate surface area is 123 Å². The van der Waals surface area contributed by atoms with Crippen LogP contribution in [-0.2, 0) is 0 Å². The summed E-state index contributed by atoms with van der Waals surface area (Å²) in [5.41, 5.74) is 8.16. The zero-order valence-electron chi connectivity index (χ0n) is 12.1. The molecule has 3 N–H and O–H groups in total. The van der Waals surface area contributed by atoms with Crippen LogP contribution in [0, 0.1) is 5.92 Å². The van der Waals surface area contributed by atoms with Crippen LogP contribution in [0.3, 0.4) is 0 Å². The van der Waals surface area contributed by atoms with Gasteiger partial charge in [0.05, 0.1) is 21.7 Å². The number of carbonyl (C=O) groups excluding carboxylic acids is 1. The Bertz CT molecular complexity index is 534. The van der Waals surface area contributed by atoms with Crippen molar-refractivity contribution in [2.75, 3.05) is 23.7 Å². The number of anilines is 2. The molecule has 1 aromatic heterocycles. The number of thiophene rings is 1. The monoisotopic (exact) mass is 294 g/mol. The van der Waals surface area contributed by atoms with Crippen molar-refractivity contribution in [2.45, 2.75) is 45.1 Å². The summed E-state index contributed by atoms with van der Waals surface area (Å²) in [7, 11) is 0. The number of aliphatic hydroxyl groups excluding tert-OH is 1. The van der Waals surface area contributed by atoms with E-state index in [-0.39, 0.29) is 17.8 Å². The van der Waals surface area contributed by atoms with Crippen molar-refractivity contribution in [1.82, 2.24) is 0 Å². The summed E-state index contributed by atoms with van der Waals surface area (Å²) in [6, 6.07) is 0. The first-order valence-electron chi connectivity index (χ1n) is 7.38. The summed E-state index contributed by atoms with van der Waals surface area (Å²) in [5, 5.41) is 10.9. The topological polar surface area (TPSA) is 66.6 Å². The van der Waals surface area contributed by atoms with E-state index in [0.29, 0.717) is 18.2 Å². The lowest BCUT2D eigenvalue weighted by Crippen LogP contribution is -2.21. The van der Waals surface area contributed by atoms with Gasteiger partial charge in [0.25, 0.3) is 0 Å². The first-order chi connectivity index (χ1) is 9.49. The van der Waals surface area contributed by atoms with E-state index >= 15 is 0 Å². The summed E-state index contributed by atoms with van der Waals surface area (Å²) in [5.74, 6) is 0.633. The van der Waals surface area contributed by atoms with Gasteiger partial charge >= 0.3 is 0 Å². The fraction of sp³-hybridized carbons (Fsp3) is 0.667. The smallest absolute Gasteiger partial charge is 0.177 e. The Hall–Kier alpha value is -1.07. The normalized spacial score (nSPS) is 22.8. The second-order valence-electron chi connectivity index (χ2n) is 6.25. The maximum absolute atomic E-state index is 12.3. The molecule has 1 saturated carbocycles. The quantitative estimate of drug-likeness (QED) is 0.838. The Morgan fingerprint density at radius 3 is 2.60 bits per heavy atom. The number of β-amino-alcohol motifs (C(OH)–C–C–N with tert-alkyl or cyclic N) is 1. The van der Waals surface area contributed by atoms with Gasteiger partial charge in [0.2, 0.25) is 0 Å². The highest BCUT2D eigenvalue weighted by Gasteiger charge is 2.36. The lowest BCUT2D eigenvalue weighted by molar-refractivity contribution is 0.0944. The molecule has 2 heterocycles. The van der Waals surface area contributed by atoms with Gasteiger partial charge in [-0.1, -0.05) is 13.8 Å². The predicted molar refractivity (Wildman–Crippen MR) is 82.7 cm³/mol. The fourth-order valence-electron chi connectivity index (χ4n) is 2.82. The van der Waals surface area contributed by atoms with Gasteiger partial charge in [0.15, 0.2) is 5.78 Å². The van der Waals surface area contributed by atoms with Crippen LogP contribution in [0.2, 0.25) is 0 Å². The number of nitrogen functional groups attached to an aromatic ring is 1. The van der Waals surface area contributed by atoms with E-state index in [1.807, 2.05) is 13.8 Å². The molecular weight excluding hydrogens is 272 g/mol. The average molecular weight is 294 g/mol. The lowest BCUT2D eigenvalue weighted by atomic mass is 10.0. The fourth-order valence-corrected chi connectivity index (χ4v) is 4.25. The van der Waals surface area contributed by atoms with E-state index in [9.17, 15) is 9.90 Å². The average Bonchev–Trinajstić information content (AvgIpc) is 3.05. The summed E-state index contributed by atoms with van der Waals surface area (Å²) in [4.78, 5) is 15.2. The van der Waals surface area contributed by atoms with E-state index in [0.717, 1.165) is 22.8 Å². The molecule has 1 saturated heterocycles. The van der Waals surface area contributed by atoms with Crippen LogP contribution in [-0.4, -0.2) is 30.1 Å². The van der Waals surface area contributed by atoms with Crippen molar-refractivity contribution in [3.8, 4) is 0 Å². The van der Waals surface area contributed by atoms with Crippen molar-refractivity contribution in [3.63, 3.8) is 0 Å². The molecular formula is C15H22N2O2S. The molecule has 0 bridgehead atoms. The lowest BCUT2D eigenvalue weighted by Gasteiger charge is -2.17. The van der Waals surface area contributed by atoms with Crippen LogP contribution in [0.5, 0.6) is 0 Å². The van der Waals surface area contributed by atoms with Crippen molar-refractivity contribution in [1.29, 1.82) is 0 Å². The van der Waals surface area contributed by atoms with Crippen molar-refractivity contribution < 1.29 is 9.90 Å². The van der Waals surface area contributed by atoms with Gasteiger partial charge in [-0.3, -0.25) is 4.79 Å². The highest BCUT2D eigenvalue weighted by Crippen LogP contribution is 2.52. The molecule has 5 heteroatoms. The largest absolute Gasteiger partial charge is 0.397 e. The Morgan fingerprint density at radius 2 is 2.10 bits per heavy atom. The van der Waals surface area contributed by atoms with Gasteiger partial charge in [-0.2, -0.15) is 0 Å². The molecule has 0 aromatic carbocycles. The van der Waals surface area contributed by atoms with Crippen molar-refractivity contribution in [3.05, 3.63) is 10.4 Å². The molecule has 0 spiro atoms. The van der Waals surface area contributed by atoms with Crippen LogP contribution in [0.15, 0.2) is 0 Å².